The summed E-state index contributed by atoms with van der Waals surface area (Å²) in [4.78, 5) is 2.35. The van der Waals surface area contributed by atoms with Gasteiger partial charge in [0.05, 0.1) is 11.5 Å². The van der Waals surface area contributed by atoms with E-state index in [-0.39, 0.29) is 6.04 Å². The Bertz CT molecular complexity index is 295. The van der Waals surface area contributed by atoms with E-state index in [2.05, 4.69) is 4.90 Å². The van der Waals surface area contributed by atoms with Crippen LogP contribution in [-0.2, 0) is 9.84 Å². The molecule has 1 atom stereocenters. The third-order valence-electron chi connectivity index (χ3n) is 3.53. The molecule has 0 aromatic carbocycles. The Morgan fingerprint density at radius 1 is 1.36 bits per heavy atom. The number of hydrogen-bond donors (Lipinski definition) is 0. The zero-order valence-electron chi connectivity index (χ0n) is 8.78. The normalized spacial score (nSPS) is 33.9. The van der Waals surface area contributed by atoms with Crippen LogP contribution in [0.25, 0.3) is 0 Å². The number of sulfone groups is 1. The molecule has 4 heteroatoms. The van der Waals surface area contributed by atoms with Crippen molar-refractivity contribution in [1.82, 2.24) is 4.90 Å². The van der Waals surface area contributed by atoms with Crippen molar-refractivity contribution in [2.45, 2.75) is 32.2 Å². The van der Waals surface area contributed by atoms with Crippen molar-refractivity contribution in [3.05, 3.63) is 0 Å². The molecule has 0 radical (unpaired) electrons. The summed E-state index contributed by atoms with van der Waals surface area (Å²) in [5, 5.41) is 0. The van der Waals surface area contributed by atoms with Gasteiger partial charge in [-0.25, -0.2) is 8.42 Å². The molecule has 0 amide bonds. The van der Waals surface area contributed by atoms with Gasteiger partial charge >= 0.3 is 0 Å². The van der Waals surface area contributed by atoms with E-state index in [9.17, 15) is 8.42 Å². The van der Waals surface area contributed by atoms with Crippen molar-refractivity contribution >= 4 is 9.84 Å². The predicted octanol–water partition coefficient (Wildman–Crippen LogP) is 0.905. The average molecular weight is 217 g/mol. The first kappa shape index (κ1) is 10.4. The SMILES string of the molecule is C[C@H]1CS(=O)(=O)CCN1CC1CCC1. The first-order valence-corrected chi connectivity index (χ1v) is 7.33. The van der Waals surface area contributed by atoms with Gasteiger partial charge in [-0.1, -0.05) is 6.42 Å². The Balaban J connectivity index is 1.88. The fourth-order valence-corrected chi connectivity index (χ4v) is 3.94. The average Bonchev–Trinajstić information content (AvgIpc) is 1.98. The van der Waals surface area contributed by atoms with Crippen LogP contribution in [0.1, 0.15) is 26.2 Å². The molecule has 1 heterocycles. The van der Waals surface area contributed by atoms with Crippen LogP contribution in [-0.4, -0.2) is 44.0 Å². The summed E-state index contributed by atoms with van der Waals surface area (Å²) in [5.41, 5.74) is 0. The fourth-order valence-electron chi connectivity index (χ4n) is 2.31. The number of rotatable bonds is 2. The minimum absolute atomic E-state index is 0.231. The zero-order chi connectivity index (χ0) is 10.2. The van der Waals surface area contributed by atoms with Crippen LogP contribution in [0.5, 0.6) is 0 Å². The molecule has 1 saturated carbocycles. The molecule has 0 N–H and O–H groups in total. The van der Waals surface area contributed by atoms with E-state index in [0.29, 0.717) is 11.5 Å². The van der Waals surface area contributed by atoms with Crippen LogP contribution in [0.4, 0.5) is 0 Å². The van der Waals surface area contributed by atoms with Gasteiger partial charge in [0.2, 0.25) is 0 Å². The van der Waals surface area contributed by atoms with E-state index in [1.807, 2.05) is 6.92 Å². The van der Waals surface area contributed by atoms with Gasteiger partial charge in [-0.15, -0.1) is 0 Å². The molecule has 0 spiro atoms. The molecule has 14 heavy (non-hydrogen) atoms. The molecule has 2 fully saturated rings. The second-order valence-corrected chi connectivity index (χ2v) is 6.98. The molecule has 0 unspecified atom stereocenters. The molecule has 2 rings (SSSR count). The molecule has 1 aliphatic heterocycles. The van der Waals surface area contributed by atoms with Gasteiger partial charge in [0.1, 0.15) is 0 Å². The zero-order valence-corrected chi connectivity index (χ0v) is 9.59. The maximum atomic E-state index is 11.3. The van der Waals surface area contributed by atoms with E-state index in [1.165, 1.54) is 19.3 Å². The summed E-state index contributed by atoms with van der Waals surface area (Å²) < 4.78 is 22.7. The van der Waals surface area contributed by atoms with Crippen molar-refractivity contribution in [2.24, 2.45) is 5.92 Å². The number of hydrogen-bond acceptors (Lipinski definition) is 3. The summed E-state index contributed by atoms with van der Waals surface area (Å²) in [6.07, 6.45) is 4.05. The molecular formula is C10H19NO2S. The lowest BCUT2D eigenvalue weighted by Gasteiger charge is -2.38. The summed E-state index contributed by atoms with van der Waals surface area (Å²) in [6, 6.07) is 0.231. The van der Waals surface area contributed by atoms with Crippen molar-refractivity contribution < 1.29 is 8.42 Å². The molecule has 0 aromatic heterocycles. The highest BCUT2D eigenvalue weighted by Gasteiger charge is 2.30. The van der Waals surface area contributed by atoms with E-state index in [1.54, 1.807) is 0 Å². The first-order valence-electron chi connectivity index (χ1n) is 5.51. The van der Waals surface area contributed by atoms with E-state index < -0.39 is 9.84 Å². The second kappa shape index (κ2) is 3.81. The summed E-state index contributed by atoms with van der Waals surface area (Å²) >= 11 is 0. The van der Waals surface area contributed by atoms with Crippen molar-refractivity contribution in [1.29, 1.82) is 0 Å². The topological polar surface area (TPSA) is 37.4 Å². The van der Waals surface area contributed by atoms with Gasteiger partial charge in [-0.3, -0.25) is 4.90 Å². The molecule has 1 aliphatic carbocycles. The maximum absolute atomic E-state index is 11.3. The van der Waals surface area contributed by atoms with Gasteiger partial charge < -0.3 is 0 Å². The lowest BCUT2D eigenvalue weighted by molar-refractivity contribution is 0.151. The predicted molar refractivity (Wildman–Crippen MR) is 57.0 cm³/mol. The first-order chi connectivity index (χ1) is 6.57. The highest BCUT2D eigenvalue weighted by molar-refractivity contribution is 7.91. The Labute approximate surface area is 86.4 Å². The smallest absolute Gasteiger partial charge is 0.153 e. The minimum atomic E-state index is -2.73. The molecule has 0 aromatic rings. The highest BCUT2D eigenvalue weighted by atomic mass is 32.2. The molecule has 0 bridgehead atoms. The summed E-state index contributed by atoms with van der Waals surface area (Å²) in [5.74, 6) is 1.57. The summed E-state index contributed by atoms with van der Waals surface area (Å²) in [6.45, 7) is 3.91. The van der Waals surface area contributed by atoms with Gasteiger partial charge in [-0.2, -0.15) is 0 Å². The minimum Gasteiger partial charge on any atom is -0.298 e. The van der Waals surface area contributed by atoms with Crippen LogP contribution < -0.4 is 0 Å². The third-order valence-corrected chi connectivity index (χ3v) is 5.32. The molecule has 1 saturated heterocycles. The lowest BCUT2D eigenvalue weighted by Crippen LogP contribution is -2.49. The van der Waals surface area contributed by atoms with Crippen LogP contribution >= 0.6 is 0 Å². The molecular weight excluding hydrogens is 198 g/mol. The van der Waals surface area contributed by atoms with Gasteiger partial charge in [-0.05, 0) is 25.7 Å². The maximum Gasteiger partial charge on any atom is 0.153 e. The van der Waals surface area contributed by atoms with E-state index in [4.69, 9.17) is 0 Å². The van der Waals surface area contributed by atoms with Crippen LogP contribution in [0.3, 0.4) is 0 Å². The van der Waals surface area contributed by atoms with E-state index in [0.717, 1.165) is 19.0 Å². The van der Waals surface area contributed by atoms with Crippen LogP contribution in [0.2, 0.25) is 0 Å². The molecule has 3 nitrogen and oxygen atoms in total. The van der Waals surface area contributed by atoms with Crippen molar-refractivity contribution in [3.63, 3.8) is 0 Å². The van der Waals surface area contributed by atoms with Crippen molar-refractivity contribution in [2.75, 3.05) is 24.6 Å². The Morgan fingerprint density at radius 2 is 2.07 bits per heavy atom. The van der Waals surface area contributed by atoms with Crippen molar-refractivity contribution in [3.8, 4) is 0 Å². The second-order valence-electron chi connectivity index (χ2n) is 4.76. The fraction of sp³-hybridized carbons (Fsp3) is 1.00. The van der Waals surface area contributed by atoms with Crippen LogP contribution in [0.15, 0.2) is 0 Å². The Morgan fingerprint density at radius 3 is 2.57 bits per heavy atom. The Hall–Kier alpha value is -0.0900. The van der Waals surface area contributed by atoms with Crippen LogP contribution in [0, 0.1) is 5.92 Å². The quantitative estimate of drug-likeness (QED) is 0.690. The largest absolute Gasteiger partial charge is 0.298 e. The van der Waals surface area contributed by atoms with Gasteiger partial charge in [0.25, 0.3) is 0 Å². The Kier molecular flexibility index (Phi) is 2.84. The van der Waals surface area contributed by atoms with Gasteiger partial charge in [0, 0.05) is 19.1 Å². The monoisotopic (exact) mass is 217 g/mol. The third kappa shape index (κ3) is 2.28. The standard InChI is InChI=1S/C10H19NO2S/c1-9-8-14(12,13)6-5-11(9)7-10-3-2-4-10/h9-10H,2-8H2,1H3/t9-/m0/s1. The summed E-state index contributed by atoms with van der Waals surface area (Å²) in [7, 11) is -2.73. The lowest BCUT2D eigenvalue weighted by atomic mass is 9.85. The highest BCUT2D eigenvalue weighted by Crippen LogP contribution is 2.28. The van der Waals surface area contributed by atoms with E-state index >= 15 is 0 Å². The molecule has 82 valence electrons. The molecule has 2 aliphatic rings. The number of nitrogens with zero attached hydrogens (tertiary/aromatic N) is 1. The van der Waals surface area contributed by atoms with Gasteiger partial charge in [0.15, 0.2) is 9.84 Å².